The average Bonchev–Trinajstić information content (AvgIpc) is 2.92. The first kappa shape index (κ1) is 24.0. The monoisotopic (exact) mass is 487 g/mol. The molecule has 1 atom stereocenters. The van der Waals surface area contributed by atoms with Crippen LogP contribution in [0.1, 0.15) is 39.0 Å². The van der Waals surface area contributed by atoms with E-state index in [2.05, 4.69) is 33.0 Å². The Labute approximate surface area is 211 Å². The Morgan fingerprint density at radius 1 is 0.944 bits per heavy atom. The molecule has 8 nitrogen and oxygen atoms in total. The van der Waals surface area contributed by atoms with Crippen molar-refractivity contribution in [1.29, 1.82) is 0 Å². The number of nitrogens with zero attached hydrogens (tertiary/aromatic N) is 5. The number of aromatic nitrogens is 2. The molecule has 2 amide bonds. The number of anilines is 2. The molecule has 1 unspecified atom stereocenters. The van der Waals surface area contributed by atoms with Crippen molar-refractivity contribution in [2.24, 2.45) is 5.92 Å². The zero-order valence-electron chi connectivity index (χ0n) is 20.9. The van der Waals surface area contributed by atoms with Crippen LogP contribution < -0.4 is 9.80 Å². The zero-order chi connectivity index (χ0) is 25.2. The van der Waals surface area contributed by atoms with Gasteiger partial charge < -0.3 is 14.9 Å². The van der Waals surface area contributed by atoms with E-state index in [1.54, 1.807) is 12.1 Å². The second kappa shape index (κ2) is 10.1. The molecule has 0 bridgehead atoms. The van der Waals surface area contributed by atoms with Crippen molar-refractivity contribution in [2.45, 2.75) is 45.1 Å². The van der Waals surface area contributed by atoms with E-state index < -0.39 is 6.09 Å². The molecule has 2 heterocycles. The number of amides is 2. The van der Waals surface area contributed by atoms with Crippen molar-refractivity contribution in [3.63, 3.8) is 0 Å². The van der Waals surface area contributed by atoms with Gasteiger partial charge in [0.1, 0.15) is 5.69 Å². The Morgan fingerprint density at radius 3 is 2.31 bits per heavy atom. The predicted octanol–water partition coefficient (Wildman–Crippen LogP) is 5.03. The van der Waals surface area contributed by atoms with Gasteiger partial charge in [-0.05, 0) is 31.9 Å². The number of rotatable bonds is 4. The highest BCUT2D eigenvalue weighted by Crippen LogP contribution is 2.34. The van der Waals surface area contributed by atoms with E-state index in [1.807, 2.05) is 30.3 Å². The third-order valence-electron chi connectivity index (χ3n) is 7.65. The molecule has 5 rings (SSSR count). The smallest absolute Gasteiger partial charge is 0.411 e. The number of carbonyl (C=O) groups excluding carboxylic acids is 1. The largest absolute Gasteiger partial charge is 0.465 e. The SMILES string of the molecule is CC1CN(C(=O)C2CCCCC2)CCN1c1nnc(-c2ccc(N(C)C(=O)O)cc2)c2ccccc12. The summed E-state index contributed by atoms with van der Waals surface area (Å²) in [7, 11) is 1.52. The first-order chi connectivity index (χ1) is 17.4. The van der Waals surface area contributed by atoms with Crippen molar-refractivity contribution in [3.8, 4) is 11.3 Å². The first-order valence-electron chi connectivity index (χ1n) is 12.8. The van der Waals surface area contributed by atoms with Crippen LogP contribution in [0.3, 0.4) is 0 Å². The van der Waals surface area contributed by atoms with E-state index in [4.69, 9.17) is 0 Å². The van der Waals surface area contributed by atoms with Crippen LogP contribution in [0.2, 0.25) is 0 Å². The minimum absolute atomic E-state index is 0.140. The zero-order valence-corrected chi connectivity index (χ0v) is 20.9. The Kier molecular flexibility index (Phi) is 6.76. The lowest BCUT2D eigenvalue weighted by molar-refractivity contribution is -0.137. The van der Waals surface area contributed by atoms with E-state index in [1.165, 1.54) is 31.2 Å². The van der Waals surface area contributed by atoms with Gasteiger partial charge in [-0.3, -0.25) is 9.69 Å². The van der Waals surface area contributed by atoms with Crippen LogP contribution in [0, 0.1) is 5.92 Å². The van der Waals surface area contributed by atoms with E-state index in [9.17, 15) is 14.7 Å². The molecule has 0 radical (unpaired) electrons. The van der Waals surface area contributed by atoms with Gasteiger partial charge >= 0.3 is 6.09 Å². The summed E-state index contributed by atoms with van der Waals surface area (Å²) >= 11 is 0. The molecular weight excluding hydrogens is 454 g/mol. The maximum absolute atomic E-state index is 13.1. The lowest BCUT2D eigenvalue weighted by Gasteiger charge is -2.42. The Balaban J connectivity index is 1.39. The Bertz CT molecular complexity index is 1260. The van der Waals surface area contributed by atoms with E-state index in [0.29, 0.717) is 24.7 Å². The molecule has 1 saturated carbocycles. The van der Waals surface area contributed by atoms with Crippen LogP contribution in [0.5, 0.6) is 0 Å². The molecule has 36 heavy (non-hydrogen) atoms. The summed E-state index contributed by atoms with van der Waals surface area (Å²) in [5.41, 5.74) is 2.23. The maximum atomic E-state index is 13.1. The molecule has 188 valence electrons. The number of fused-ring (bicyclic) bond motifs is 1. The number of carboxylic acid groups (broad SMARTS) is 1. The van der Waals surface area contributed by atoms with Crippen molar-refractivity contribution < 1.29 is 14.7 Å². The summed E-state index contributed by atoms with van der Waals surface area (Å²) < 4.78 is 0. The van der Waals surface area contributed by atoms with Crippen LogP contribution in [0.25, 0.3) is 22.0 Å². The van der Waals surface area contributed by atoms with Gasteiger partial charge in [0.15, 0.2) is 5.82 Å². The van der Waals surface area contributed by atoms with Crippen LogP contribution in [0.15, 0.2) is 48.5 Å². The second-order valence-corrected chi connectivity index (χ2v) is 9.97. The van der Waals surface area contributed by atoms with Crippen molar-refractivity contribution in [2.75, 3.05) is 36.5 Å². The number of piperazine rings is 1. The molecule has 8 heteroatoms. The van der Waals surface area contributed by atoms with Crippen molar-refractivity contribution in [3.05, 3.63) is 48.5 Å². The van der Waals surface area contributed by atoms with Gasteiger partial charge in [-0.1, -0.05) is 55.7 Å². The van der Waals surface area contributed by atoms with Crippen LogP contribution >= 0.6 is 0 Å². The number of carbonyl (C=O) groups is 2. The molecule has 2 fully saturated rings. The molecule has 1 saturated heterocycles. The highest BCUT2D eigenvalue weighted by Gasteiger charge is 2.32. The summed E-state index contributed by atoms with van der Waals surface area (Å²) in [5.74, 6) is 1.36. The van der Waals surface area contributed by atoms with Gasteiger partial charge in [-0.15, -0.1) is 10.2 Å². The molecule has 1 aliphatic heterocycles. The van der Waals surface area contributed by atoms with Crippen LogP contribution in [-0.4, -0.2) is 64.9 Å². The fourth-order valence-electron chi connectivity index (χ4n) is 5.55. The lowest BCUT2D eigenvalue weighted by atomic mass is 9.88. The number of hydrogen-bond donors (Lipinski definition) is 1. The van der Waals surface area contributed by atoms with Crippen molar-refractivity contribution in [1.82, 2.24) is 15.1 Å². The van der Waals surface area contributed by atoms with Crippen LogP contribution in [-0.2, 0) is 4.79 Å². The van der Waals surface area contributed by atoms with E-state index >= 15 is 0 Å². The van der Waals surface area contributed by atoms with Gasteiger partial charge in [-0.25, -0.2) is 4.79 Å². The molecule has 2 aliphatic rings. The first-order valence-corrected chi connectivity index (χ1v) is 12.8. The number of hydrogen-bond acceptors (Lipinski definition) is 5. The molecule has 0 spiro atoms. The van der Waals surface area contributed by atoms with Gasteiger partial charge in [0.05, 0.1) is 0 Å². The van der Waals surface area contributed by atoms with Crippen molar-refractivity contribution >= 4 is 34.3 Å². The van der Waals surface area contributed by atoms with E-state index in [-0.39, 0.29) is 12.0 Å². The number of benzene rings is 2. The fraction of sp³-hybridized carbons (Fsp3) is 0.429. The summed E-state index contributed by atoms with van der Waals surface area (Å²) in [4.78, 5) is 29.9. The normalized spacial score (nSPS) is 18.9. The minimum Gasteiger partial charge on any atom is -0.465 e. The van der Waals surface area contributed by atoms with E-state index in [0.717, 1.165) is 47.2 Å². The highest BCUT2D eigenvalue weighted by molar-refractivity contribution is 6.00. The molecule has 1 N–H and O–H groups in total. The third-order valence-corrected chi connectivity index (χ3v) is 7.65. The van der Waals surface area contributed by atoms with Gasteiger partial charge in [0.2, 0.25) is 5.91 Å². The van der Waals surface area contributed by atoms with Crippen LogP contribution in [0.4, 0.5) is 16.3 Å². The summed E-state index contributed by atoms with van der Waals surface area (Å²) in [6.45, 7) is 4.29. The Morgan fingerprint density at radius 2 is 1.64 bits per heavy atom. The molecular formula is C28H33N5O3. The summed E-state index contributed by atoms with van der Waals surface area (Å²) in [6, 6.07) is 15.6. The highest BCUT2D eigenvalue weighted by atomic mass is 16.4. The predicted molar refractivity (Wildman–Crippen MR) is 141 cm³/mol. The summed E-state index contributed by atoms with van der Waals surface area (Å²) in [5, 5.41) is 20.5. The lowest BCUT2D eigenvalue weighted by Crippen LogP contribution is -2.55. The average molecular weight is 488 g/mol. The quantitative estimate of drug-likeness (QED) is 0.555. The topological polar surface area (TPSA) is 89.9 Å². The van der Waals surface area contributed by atoms with Gasteiger partial charge in [-0.2, -0.15) is 0 Å². The summed E-state index contributed by atoms with van der Waals surface area (Å²) in [6.07, 6.45) is 4.63. The molecule has 1 aliphatic carbocycles. The standard InChI is InChI=1S/C28H33N5O3/c1-19-18-32(27(34)21-8-4-3-5-9-21)16-17-33(19)26-24-11-7-6-10-23(24)25(29-30-26)20-12-14-22(15-13-20)31(2)28(35)36/h6-7,10-15,19,21H,3-5,8-9,16-18H2,1-2H3,(H,35,36). The second-order valence-electron chi connectivity index (χ2n) is 9.97. The maximum Gasteiger partial charge on any atom is 0.411 e. The van der Waals surface area contributed by atoms with Gasteiger partial charge in [0, 0.05) is 60.7 Å². The molecule has 1 aromatic heterocycles. The molecule has 3 aromatic rings. The minimum atomic E-state index is -1.01. The third kappa shape index (κ3) is 4.59. The fourth-order valence-corrected chi connectivity index (χ4v) is 5.55. The molecule has 2 aromatic carbocycles. The van der Waals surface area contributed by atoms with Gasteiger partial charge in [0.25, 0.3) is 0 Å². The Hall–Kier alpha value is -3.68.